The zero-order valence-electron chi connectivity index (χ0n) is 12.0. The molecule has 112 valence electrons. The van der Waals surface area contributed by atoms with E-state index < -0.39 is 0 Å². The highest BCUT2D eigenvalue weighted by Gasteiger charge is 2.11. The number of rotatable bonds is 6. The minimum absolute atomic E-state index is 0.591. The molecule has 0 aromatic heterocycles. The van der Waals surface area contributed by atoms with Crippen LogP contribution in [0.15, 0.2) is 40.9 Å². The van der Waals surface area contributed by atoms with E-state index in [0.29, 0.717) is 23.1 Å². The zero-order chi connectivity index (χ0) is 15.2. The quantitative estimate of drug-likeness (QED) is 0.775. The van der Waals surface area contributed by atoms with Gasteiger partial charge in [-0.25, -0.2) is 0 Å². The van der Waals surface area contributed by atoms with Gasteiger partial charge in [-0.05, 0) is 46.7 Å². The van der Waals surface area contributed by atoms with Crippen LogP contribution in [-0.4, -0.2) is 13.7 Å². The van der Waals surface area contributed by atoms with Crippen molar-refractivity contribution >= 4 is 27.5 Å². The molecule has 0 saturated carbocycles. The number of halogens is 2. The van der Waals surface area contributed by atoms with Gasteiger partial charge < -0.3 is 14.8 Å². The summed E-state index contributed by atoms with van der Waals surface area (Å²) in [6.07, 6.45) is 0. The van der Waals surface area contributed by atoms with Crippen LogP contribution in [0.25, 0.3) is 0 Å². The van der Waals surface area contributed by atoms with Gasteiger partial charge in [-0.2, -0.15) is 0 Å². The van der Waals surface area contributed by atoms with Crippen LogP contribution < -0.4 is 14.8 Å². The highest BCUT2D eigenvalue weighted by atomic mass is 79.9. The smallest absolute Gasteiger partial charge is 0.150 e. The van der Waals surface area contributed by atoms with Crippen molar-refractivity contribution in [1.82, 2.24) is 5.32 Å². The normalized spacial score (nSPS) is 10.5. The van der Waals surface area contributed by atoms with Gasteiger partial charge in [0.15, 0.2) is 5.75 Å². The molecule has 0 amide bonds. The molecule has 0 spiro atoms. The molecule has 0 radical (unpaired) electrons. The first-order valence-corrected chi connectivity index (χ1v) is 7.82. The third kappa shape index (κ3) is 4.13. The SMILES string of the molecule is CCNCc1cccc(Cl)c1Oc1ccc(OC)cc1Br. The van der Waals surface area contributed by atoms with Crippen molar-refractivity contribution in [3.63, 3.8) is 0 Å². The van der Waals surface area contributed by atoms with Crippen molar-refractivity contribution in [3.8, 4) is 17.2 Å². The summed E-state index contributed by atoms with van der Waals surface area (Å²) in [4.78, 5) is 0. The maximum atomic E-state index is 6.28. The van der Waals surface area contributed by atoms with Crippen LogP contribution in [0.3, 0.4) is 0 Å². The van der Waals surface area contributed by atoms with Crippen molar-refractivity contribution < 1.29 is 9.47 Å². The summed E-state index contributed by atoms with van der Waals surface area (Å²) in [5, 5.41) is 3.87. The van der Waals surface area contributed by atoms with Crippen molar-refractivity contribution in [2.24, 2.45) is 0 Å². The number of para-hydroxylation sites is 1. The van der Waals surface area contributed by atoms with Crippen molar-refractivity contribution in [2.75, 3.05) is 13.7 Å². The predicted molar refractivity (Wildman–Crippen MR) is 89.6 cm³/mol. The van der Waals surface area contributed by atoms with Crippen LogP contribution in [0.4, 0.5) is 0 Å². The van der Waals surface area contributed by atoms with Crippen LogP contribution in [0.1, 0.15) is 12.5 Å². The van der Waals surface area contributed by atoms with Gasteiger partial charge in [0.05, 0.1) is 16.6 Å². The second-order valence-corrected chi connectivity index (χ2v) is 5.67. The third-order valence-corrected chi connectivity index (χ3v) is 3.88. The van der Waals surface area contributed by atoms with Gasteiger partial charge in [-0.15, -0.1) is 0 Å². The number of ether oxygens (including phenoxy) is 2. The molecule has 0 aliphatic heterocycles. The Balaban J connectivity index is 2.30. The molecule has 3 nitrogen and oxygen atoms in total. The zero-order valence-corrected chi connectivity index (χ0v) is 14.3. The molecule has 2 aromatic rings. The summed E-state index contributed by atoms with van der Waals surface area (Å²) in [5.74, 6) is 2.13. The topological polar surface area (TPSA) is 30.5 Å². The Morgan fingerprint density at radius 2 is 2.05 bits per heavy atom. The summed E-state index contributed by atoms with van der Waals surface area (Å²) in [6, 6.07) is 11.3. The first kappa shape index (κ1) is 16.1. The van der Waals surface area contributed by atoms with E-state index in [9.17, 15) is 0 Å². The van der Waals surface area contributed by atoms with E-state index in [-0.39, 0.29) is 0 Å². The van der Waals surface area contributed by atoms with Gasteiger partial charge in [0.2, 0.25) is 0 Å². The van der Waals surface area contributed by atoms with Crippen molar-refractivity contribution in [2.45, 2.75) is 13.5 Å². The van der Waals surface area contributed by atoms with Gasteiger partial charge in [0, 0.05) is 12.1 Å². The Bertz CT molecular complexity index is 619. The lowest BCUT2D eigenvalue weighted by atomic mass is 10.2. The summed E-state index contributed by atoms with van der Waals surface area (Å²) in [7, 11) is 1.63. The highest BCUT2D eigenvalue weighted by Crippen LogP contribution is 2.37. The van der Waals surface area contributed by atoms with E-state index in [4.69, 9.17) is 21.1 Å². The van der Waals surface area contributed by atoms with Gasteiger partial charge in [0.1, 0.15) is 11.5 Å². The first-order chi connectivity index (χ1) is 10.2. The Labute approximate surface area is 138 Å². The molecule has 0 bridgehead atoms. The fourth-order valence-electron chi connectivity index (χ4n) is 1.87. The molecule has 0 heterocycles. The van der Waals surface area contributed by atoms with Crippen molar-refractivity contribution in [3.05, 3.63) is 51.5 Å². The molecule has 0 aliphatic rings. The summed E-state index contributed by atoms with van der Waals surface area (Å²) >= 11 is 9.76. The molecule has 0 aliphatic carbocycles. The molecule has 2 rings (SSSR count). The van der Waals surface area contributed by atoms with E-state index in [0.717, 1.165) is 22.3 Å². The number of hydrogen-bond donors (Lipinski definition) is 1. The van der Waals surface area contributed by atoms with Crippen LogP contribution >= 0.6 is 27.5 Å². The second-order valence-electron chi connectivity index (χ2n) is 4.41. The van der Waals surface area contributed by atoms with Crippen LogP contribution in [-0.2, 0) is 6.54 Å². The number of benzene rings is 2. The number of nitrogens with one attached hydrogen (secondary N) is 1. The Morgan fingerprint density at radius 3 is 2.71 bits per heavy atom. The van der Waals surface area contributed by atoms with E-state index in [1.54, 1.807) is 7.11 Å². The van der Waals surface area contributed by atoms with E-state index in [1.165, 1.54) is 0 Å². The second kappa shape index (κ2) is 7.69. The molecular formula is C16H17BrClNO2. The van der Waals surface area contributed by atoms with Gasteiger partial charge in [-0.1, -0.05) is 30.7 Å². The fraction of sp³-hybridized carbons (Fsp3) is 0.250. The molecule has 1 N–H and O–H groups in total. The molecule has 0 saturated heterocycles. The fourth-order valence-corrected chi connectivity index (χ4v) is 2.54. The molecule has 5 heteroatoms. The number of hydrogen-bond acceptors (Lipinski definition) is 3. The average Bonchev–Trinajstić information content (AvgIpc) is 2.49. The summed E-state index contributed by atoms with van der Waals surface area (Å²) < 4.78 is 12.0. The maximum absolute atomic E-state index is 6.28. The number of methoxy groups -OCH3 is 1. The Hall–Kier alpha value is -1.23. The lowest BCUT2D eigenvalue weighted by Crippen LogP contribution is -2.12. The molecule has 21 heavy (non-hydrogen) atoms. The van der Waals surface area contributed by atoms with E-state index >= 15 is 0 Å². The standard InChI is InChI=1S/C16H17BrClNO2/c1-3-19-10-11-5-4-6-14(18)16(11)21-15-8-7-12(20-2)9-13(15)17/h4-9,19H,3,10H2,1-2H3. The first-order valence-electron chi connectivity index (χ1n) is 6.65. The van der Waals surface area contributed by atoms with Gasteiger partial charge in [-0.3, -0.25) is 0 Å². The maximum Gasteiger partial charge on any atom is 0.150 e. The minimum atomic E-state index is 0.591. The highest BCUT2D eigenvalue weighted by molar-refractivity contribution is 9.10. The molecular weight excluding hydrogens is 354 g/mol. The predicted octanol–water partition coefficient (Wildman–Crippen LogP) is 5.01. The Kier molecular flexibility index (Phi) is 5.91. The minimum Gasteiger partial charge on any atom is -0.497 e. The summed E-state index contributed by atoms with van der Waals surface area (Å²) in [6.45, 7) is 3.66. The average molecular weight is 371 g/mol. The van der Waals surface area contributed by atoms with Gasteiger partial charge in [0.25, 0.3) is 0 Å². The molecule has 0 fully saturated rings. The lowest BCUT2D eigenvalue weighted by molar-refractivity contribution is 0.412. The monoisotopic (exact) mass is 369 g/mol. The lowest BCUT2D eigenvalue weighted by Gasteiger charge is -2.14. The third-order valence-electron chi connectivity index (χ3n) is 2.97. The van der Waals surface area contributed by atoms with E-state index in [2.05, 4.69) is 28.2 Å². The van der Waals surface area contributed by atoms with Gasteiger partial charge >= 0.3 is 0 Å². The van der Waals surface area contributed by atoms with E-state index in [1.807, 2.05) is 36.4 Å². The largest absolute Gasteiger partial charge is 0.497 e. The summed E-state index contributed by atoms with van der Waals surface area (Å²) in [5.41, 5.74) is 1.02. The molecule has 2 aromatic carbocycles. The molecule has 0 atom stereocenters. The van der Waals surface area contributed by atoms with Crippen molar-refractivity contribution in [1.29, 1.82) is 0 Å². The molecule has 0 unspecified atom stereocenters. The van der Waals surface area contributed by atoms with Crippen LogP contribution in [0, 0.1) is 0 Å². The van der Waals surface area contributed by atoms with Crippen LogP contribution in [0.5, 0.6) is 17.2 Å². The van der Waals surface area contributed by atoms with Crippen LogP contribution in [0.2, 0.25) is 5.02 Å². The Morgan fingerprint density at radius 1 is 1.24 bits per heavy atom.